The third kappa shape index (κ3) is 5.70. The van der Waals surface area contributed by atoms with Crippen molar-refractivity contribution in [2.45, 2.75) is 31.7 Å². The van der Waals surface area contributed by atoms with Gasteiger partial charge in [0, 0.05) is 31.2 Å². The van der Waals surface area contributed by atoms with Gasteiger partial charge in [-0.05, 0) is 61.4 Å². The summed E-state index contributed by atoms with van der Waals surface area (Å²) >= 11 is 0. The molecule has 0 bridgehead atoms. The molecule has 3 rings (SSSR count). The monoisotopic (exact) mass is 383 g/mol. The number of methoxy groups -OCH3 is 1. The van der Waals surface area contributed by atoms with E-state index in [2.05, 4.69) is 26.8 Å². The lowest BCUT2D eigenvalue weighted by molar-refractivity contribution is -0.142. The van der Waals surface area contributed by atoms with Crippen LogP contribution in [0.15, 0.2) is 48.8 Å². The molecule has 0 spiro atoms. The minimum absolute atomic E-state index is 0.393. The number of piperidine rings is 1. The Bertz CT molecular complexity index is 728. The van der Waals surface area contributed by atoms with Crippen LogP contribution in [0.2, 0.25) is 0 Å². The maximum absolute atomic E-state index is 11.4. The van der Waals surface area contributed by atoms with E-state index in [9.17, 15) is 4.79 Å². The van der Waals surface area contributed by atoms with Crippen LogP contribution in [0.3, 0.4) is 0 Å². The number of benzene rings is 1. The highest BCUT2D eigenvalue weighted by Gasteiger charge is 2.19. The number of anilines is 1. The largest absolute Gasteiger partial charge is 0.494 e. The molecule has 1 saturated heterocycles. The maximum atomic E-state index is 11.4. The number of ether oxygens (including phenoxy) is 2. The smallest absolute Gasteiger partial charge is 0.322 e. The average molecular weight is 383 g/mol. The summed E-state index contributed by atoms with van der Waals surface area (Å²) in [6.45, 7) is 2.90. The topological polar surface area (TPSA) is 77.7 Å². The van der Waals surface area contributed by atoms with Gasteiger partial charge in [-0.3, -0.25) is 9.78 Å². The van der Waals surface area contributed by atoms with Gasteiger partial charge in [0.1, 0.15) is 11.8 Å². The molecule has 0 amide bonds. The van der Waals surface area contributed by atoms with Gasteiger partial charge in [-0.2, -0.15) is 0 Å². The molecule has 0 saturated carbocycles. The lowest BCUT2D eigenvalue weighted by Gasteiger charge is -2.33. The third-order valence-corrected chi connectivity index (χ3v) is 5.32. The summed E-state index contributed by atoms with van der Waals surface area (Å²) < 4.78 is 10.6. The van der Waals surface area contributed by atoms with Crippen molar-refractivity contribution in [2.75, 3.05) is 31.7 Å². The van der Waals surface area contributed by atoms with E-state index in [-0.39, 0.29) is 0 Å². The van der Waals surface area contributed by atoms with Crippen LogP contribution in [0, 0.1) is 5.92 Å². The van der Waals surface area contributed by atoms with Gasteiger partial charge in [-0.25, -0.2) is 0 Å². The first-order chi connectivity index (χ1) is 13.7. The predicted molar refractivity (Wildman–Crippen MR) is 109 cm³/mol. The summed E-state index contributed by atoms with van der Waals surface area (Å²) in [4.78, 5) is 17.9. The average Bonchev–Trinajstić information content (AvgIpc) is 2.75. The molecule has 1 aromatic carbocycles. The predicted octanol–water partition coefficient (Wildman–Crippen LogP) is 2.81. The van der Waals surface area contributed by atoms with Crippen LogP contribution in [0.5, 0.6) is 5.75 Å². The molecule has 28 heavy (non-hydrogen) atoms. The molecular weight excluding hydrogens is 354 g/mol. The zero-order chi connectivity index (χ0) is 19.8. The minimum Gasteiger partial charge on any atom is -0.494 e. The van der Waals surface area contributed by atoms with Gasteiger partial charge in [-0.1, -0.05) is 12.1 Å². The van der Waals surface area contributed by atoms with Crippen molar-refractivity contribution >= 4 is 11.7 Å². The number of nitrogens with two attached hydrogens (primary N) is 1. The molecule has 2 N–H and O–H groups in total. The second kappa shape index (κ2) is 10.1. The van der Waals surface area contributed by atoms with Gasteiger partial charge < -0.3 is 20.1 Å². The van der Waals surface area contributed by atoms with Gasteiger partial charge in [0.05, 0.1) is 13.7 Å². The minimum atomic E-state index is -0.630. The second-order valence-corrected chi connectivity index (χ2v) is 7.25. The summed E-state index contributed by atoms with van der Waals surface area (Å²) in [6.07, 6.45) is 7.61. The highest BCUT2D eigenvalue weighted by molar-refractivity contribution is 5.75. The first kappa shape index (κ1) is 20.1. The van der Waals surface area contributed by atoms with E-state index in [1.165, 1.54) is 25.6 Å². The van der Waals surface area contributed by atoms with Crippen LogP contribution in [-0.4, -0.2) is 43.8 Å². The molecule has 6 heteroatoms. The van der Waals surface area contributed by atoms with Crippen LogP contribution >= 0.6 is 0 Å². The van der Waals surface area contributed by atoms with Crippen LogP contribution in [0.25, 0.3) is 0 Å². The summed E-state index contributed by atoms with van der Waals surface area (Å²) in [5.41, 5.74) is 8.05. The van der Waals surface area contributed by atoms with E-state index < -0.39 is 12.0 Å². The van der Waals surface area contributed by atoms with Gasteiger partial charge in [0.15, 0.2) is 0 Å². The first-order valence-electron chi connectivity index (χ1n) is 9.86. The number of carbonyl (C=O) groups is 1. The summed E-state index contributed by atoms with van der Waals surface area (Å²) in [5.74, 6) is 1.16. The van der Waals surface area contributed by atoms with Crippen LogP contribution < -0.4 is 15.4 Å². The summed E-state index contributed by atoms with van der Waals surface area (Å²) in [5, 5.41) is 0. The number of aromatic nitrogens is 1. The lowest BCUT2D eigenvalue weighted by Crippen LogP contribution is -2.34. The Morgan fingerprint density at radius 3 is 2.50 bits per heavy atom. The summed E-state index contributed by atoms with van der Waals surface area (Å²) in [7, 11) is 1.35. The zero-order valence-electron chi connectivity index (χ0n) is 16.4. The van der Waals surface area contributed by atoms with Crippen molar-refractivity contribution in [3.8, 4) is 5.75 Å². The molecule has 1 aliphatic rings. The Morgan fingerprint density at radius 1 is 1.18 bits per heavy atom. The SMILES string of the molecule is COC(=O)C(N)Cc1ccc(OCCC2CCN(c3ccncc3)CC2)cc1. The maximum Gasteiger partial charge on any atom is 0.322 e. The van der Waals surface area contributed by atoms with E-state index in [0.29, 0.717) is 12.3 Å². The molecule has 2 heterocycles. The van der Waals surface area contributed by atoms with Crippen LogP contribution in [-0.2, 0) is 16.0 Å². The van der Waals surface area contributed by atoms with Gasteiger partial charge in [-0.15, -0.1) is 0 Å². The van der Waals surface area contributed by atoms with Crippen molar-refractivity contribution in [1.82, 2.24) is 4.98 Å². The molecule has 0 aliphatic carbocycles. The van der Waals surface area contributed by atoms with Crippen molar-refractivity contribution in [2.24, 2.45) is 11.7 Å². The molecule has 1 fully saturated rings. The number of hydrogen-bond donors (Lipinski definition) is 1. The van der Waals surface area contributed by atoms with E-state index in [4.69, 9.17) is 10.5 Å². The highest BCUT2D eigenvalue weighted by Crippen LogP contribution is 2.25. The van der Waals surface area contributed by atoms with E-state index in [0.717, 1.165) is 37.4 Å². The van der Waals surface area contributed by atoms with Crippen molar-refractivity contribution in [3.05, 3.63) is 54.4 Å². The van der Waals surface area contributed by atoms with E-state index >= 15 is 0 Å². The fourth-order valence-corrected chi connectivity index (χ4v) is 3.59. The van der Waals surface area contributed by atoms with Crippen LogP contribution in [0.4, 0.5) is 5.69 Å². The van der Waals surface area contributed by atoms with E-state index in [1.54, 1.807) is 0 Å². The van der Waals surface area contributed by atoms with Crippen molar-refractivity contribution < 1.29 is 14.3 Å². The quantitative estimate of drug-likeness (QED) is 0.707. The highest BCUT2D eigenvalue weighted by atomic mass is 16.5. The fraction of sp³-hybridized carbons (Fsp3) is 0.455. The standard InChI is InChI=1S/C22H29N3O3/c1-27-22(26)21(23)16-18-2-4-20(5-3-18)28-15-10-17-8-13-25(14-9-17)19-6-11-24-12-7-19/h2-7,11-12,17,21H,8-10,13-16,23H2,1H3. The summed E-state index contributed by atoms with van der Waals surface area (Å²) in [6, 6.07) is 11.3. The van der Waals surface area contributed by atoms with Crippen molar-refractivity contribution in [1.29, 1.82) is 0 Å². The number of esters is 1. The van der Waals surface area contributed by atoms with E-state index in [1.807, 2.05) is 36.7 Å². The molecule has 150 valence electrons. The van der Waals surface area contributed by atoms with Crippen LogP contribution in [0.1, 0.15) is 24.8 Å². The number of carbonyl (C=O) groups excluding carboxylic acids is 1. The number of hydrogen-bond acceptors (Lipinski definition) is 6. The second-order valence-electron chi connectivity index (χ2n) is 7.25. The Kier molecular flexibility index (Phi) is 7.25. The Labute approximate surface area is 166 Å². The molecule has 0 radical (unpaired) electrons. The van der Waals surface area contributed by atoms with Gasteiger partial charge in [0.2, 0.25) is 0 Å². The Balaban J connectivity index is 1.37. The molecule has 1 unspecified atom stereocenters. The number of nitrogens with zero attached hydrogens (tertiary/aromatic N) is 2. The fourth-order valence-electron chi connectivity index (χ4n) is 3.59. The molecule has 6 nitrogen and oxygen atoms in total. The van der Waals surface area contributed by atoms with Gasteiger partial charge in [0.25, 0.3) is 0 Å². The number of rotatable bonds is 8. The normalized spacial score (nSPS) is 15.9. The van der Waals surface area contributed by atoms with Crippen molar-refractivity contribution in [3.63, 3.8) is 0 Å². The lowest BCUT2D eigenvalue weighted by atomic mass is 9.93. The van der Waals surface area contributed by atoms with Gasteiger partial charge >= 0.3 is 5.97 Å². The Hall–Kier alpha value is -2.60. The zero-order valence-corrected chi connectivity index (χ0v) is 16.4. The third-order valence-electron chi connectivity index (χ3n) is 5.32. The number of pyridine rings is 1. The first-order valence-corrected chi connectivity index (χ1v) is 9.86. The molecule has 1 atom stereocenters. The molecule has 1 aliphatic heterocycles. The molecule has 1 aromatic heterocycles. The molecular formula is C22H29N3O3. The Morgan fingerprint density at radius 2 is 1.86 bits per heavy atom. The molecule has 2 aromatic rings.